The van der Waals surface area contributed by atoms with Crippen molar-refractivity contribution in [2.45, 2.75) is 0 Å². The summed E-state index contributed by atoms with van der Waals surface area (Å²) in [7, 11) is 0. The van der Waals surface area contributed by atoms with Gasteiger partial charge in [-0.25, -0.2) is 29.9 Å². The Labute approximate surface area is 777 Å². The van der Waals surface area contributed by atoms with E-state index < -0.39 is 0 Å². The van der Waals surface area contributed by atoms with Crippen molar-refractivity contribution >= 4 is 87.2 Å². The molecule has 0 saturated heterocycles. The molecule has 24 rings (SSSR count). The standard InChI is InChI=1S/C118H64N18/c119-64-71-24-40-105-94(54-71)88-20-10-12-22-103(88)133(105)85-36-38-91(117-129-113(79-14-4-1-5-15-79)127-114(130-117)80-16-6-2-7-17-80)93(62-85)101-61-84(35-47-112(101)135-104-23-13-11-21-89(104)95-55-72(65-120)27-43-108(95)135)87-50-53-126-70-102(87)78-30-32-82(33-31-78)116-128-115(81-18-8-3-9-19-81)131-118(132-116)90-39-37-86(134-106-41-25-73(66-121)56-96(106)97-57-74(67-122)26-42-107(97)134)63-92(90)100-60-83(77-48-51-125-52-49-77)34-46-111(100)136-109-44-28-75(68-123)58-98(109)99-59-76(69-124)29-45-110(99)136/h1-63,70H. The molecule has 0 unspecified atom stereocenters. The summed E-state index contributed by atoms with van der Waals surface area (Å²) in [6, 6.07) is 135. The monoisotopic (exact) mass is 1730 g/mol. The number of aromatic nitrogens is 12. The Morgan fingerprint density at radius 3 is 0.882 bits per heavy atom. The molecule has 0 amide bonds. The Morgan fingerprint density at radius 1 is 0.176 bits per heavy atom. The summed E-state index contributed by atoms with van der Waals surface area (Å²) in [6.45, 7) is 0. The van der Waals surface area contributed by atoms with Gasteiger partial charge in [-0.1, -0.05) is 164 Å². The van der Waals surface area contributed by atoms with Gasteiger partial charge in [-0.05, 0) is 239 Å². The molecule has 18 nitrogen and oxygen atoms in total. The summed E-state index contributed by atoms with van der Waals surface area (Å²) in [5.41, 5.74) is 25.8. The number of nitriles is 6. The zero-order valence-corrected chi connectivity index (χ0v) is 72.0. The van der Waals surface area contributed by atoms with Crippen LogP contribution in [0.2, 0.25) is 0 Å². The maximum atomic E-state index is 10.5. The van der Waals surface area contributed by atoms with Crippen molar-refractivity contribution in [2.24, 2.45) is 0 Å². The minimum atomic E-state index is 0.358. The number of pyridine rings is 2. The smallest absolute Gasteiger partial charge is 0.164 e. The van der Waals surface area contributed by atoms with Gasteiger partial charge in [0.2, 0.25) is 0 Å². The van der Waals surface area contributed by atoms with Crippen LogP contribution < -0.4 is 0 Å². The van der Waals surface area contributed by atoms with Crippen LogP contribution in [0.3, 0.4) is 0 Å². The molecule has 0 N–H and O–H groups in total. The molecular formula is C118H64N18. The van der Waals surface area contributed by atoms with Crippen molar-refractivity contribution in [1.82, 2.24) is 58.1 Å². The number of rotatable bonds is 15. The van der Waals surface area contributed by atoms with E-state index in [4.69, 9.17) is 34.9 Å². The lowest BCUT2D eigenvalue weighted by Crippen LogP contribution is -2.04. The van der Waals surface area contributed by atoms with Crippen molar-refractivity contribution in [2.75, 3.05) is 0 Å². The highest BCUT2D eigenvalue weighted by Gasteiger charge is 2.29. The van der Waals surface area contributed by atoms with Crippen LogP contribution in [0.5, 0.6) is 0 Å². The fourth-order valence-electron chi connectivity index (χ4n) is 19.4. The lowest BCUT2D eigenvalue weighted by atomic mass is 9.90. The normalized spacial score (nSPS) is 11.3. The minimum Gasteiger partial charge on any atom is -0.309 e. The second-order valence-electron chi connectivity index (χ2n) is 33.3. The Bertz CT molecular complexity index is 9240. The molecule has 626 valence electrons. The number of para-hydroxylation sites is 2. The summed E-state index contributed by atoms with van der Waals surface area (Å²) in [5, 5.41) is 69.5. The van der Waals surface area contributed by atoms with E-state index >= 15 is 0 Å². The number of hydrogen-bond acceptors (Lipinski definition) is 14. The van der Waals surface area contributed by atoms with Gasteiger partial charge in [0.05, 0.1) is 125 Å². The quantitative estimate of drug-likeness (QED) is 0.0924. The van der Waals surface area contributed by atoms with Crippen LogP contribution in [0.4, 0.5) is 0 Å². The van der Waals surface area contributed by atoms with E-state index in [0.717, 1.165) is 188 Å². The first-order chi connectivity index (χ1) is 67.1. The predicted molar refractivity (Wildman–Crippen MR) is 534 cm³/mol. The lowest BCUT2D eigenvalue weighted by molar-refractivity contribution is 1.07. The third-order valence-corrected chi connectivity index (χ3v) is 25.7. The lowest BCUT2D eigenvalue weighted by Gasteiger charge is -2.20. The summed E-state index contributed by atoms with van der Waals surface area (Å²) < 4.78 is 8.91. The molecule has 0 radical (unpaired) electrons. The molecular weight excluding hydrogens is 1670 g/mol. The zero-order chi connectivity index (χ0) is 91.2. The molecule has 8 heterocycles. The van der Waals surface area contributed by atoms with Gasteiger partial charge in [0, 0.05) is 129 Å². The predicted octanol–water partition coefficient (Wildman–Crippen LogP) is 26.8. The van der Waals surface area contributed by atoms with Crippen LogP contribution in [0.25, 0.3) is 234 Å². The highest BCUT2D eigenvalue weighted by Crippen LogP contribution is 2.49. The molecule has 0 aliphatic carbocycles. The van der Waals surface area contributed by atoms with Gasteiger partial charge < -0.3 is 18.3 Å². The SMILES string of the molecule is N#Cc1ccc2c(c1)c1ccccc1n2-c1ccc(-c2nc(-c3ccccc3)nc(-c3ccccc3)n2)c(-c2cc(-c3ccncc3-c3ccc(-c4nc(-c5ccccc5)nc(-c5ccc(-n6c7ccc(C#N)cc7c7cc(C#N)ccc76)cc5-c5cc(-c6ccncc6)ccc5-n5c6ccc(C#N)cc6c6cc(C#N)ccc65)n4)cc3)ccc2-n2c3ccccc3c3cc(C#N)ccc32)c1. The molecule has 18 heteroatoms. The molecule has 8 aromatic heterocycles. The first kappa shape index (κ1) is 79.4. The topological polar surface area (TPSA) is 266 Å². The first-order valence-corrected chi connectivity index (χ1v) is 44.0. The van der Waals surface area contributed by atoms with Crippen LogP contribution in [0.15, 0.2) is 389 Å². The molecule has 0 aliphatic heterocycles. The molecule has 0 aliphatic rings. The van der Waals surface area contributed by atoms with Crippen molar-refractivity contribution in [1.29, 1.82) is 31.6 Å². The second-order valence-corrected chi connectivity index (χ2v) is 33.3. The van der Waals surface area contributed by atoms with E-state index in [1.165, 1.54) is 0 Å². The third kappa shape index (κ3) is 13.4. The maximum Gasteiger partial charge on any atom is 0.164 e. The largest absolute Gasteiger partial charge is 0.309 e. The van der Waals surface area contributed by atoms with Crippen molar-refractivity contribution in [3.05, 3.63) is 422 Å². The van der Waals surface area contributed by atoms with E-state index in [2.05, 4.69) is 175 Å². The van der Waals surface area contributed by atoms with Gasteiger partial charge in [0.1, 0.15) is 0 Å². The molecule has 136 heavy (non-hydrogen) atoms. The molecule has 0 spiro atoms. The van der Waals surface area contributed by atoms with E-state index in [1.807, 2.05) is 261 Å². The van der Waals surface area contributed by atoms with Gasteiger partial charge in [0.15, 0.2) is 34.9 Å². The van der Waals surface area contributed by atoms with Gasteiger partial charge in [-0.2, -0.15) is 31.6 Å². The maximum absolute atomic E-state index is 10.5. The molecule has 0 fully saturated rings. The molecule has 16 aromatic carbocycles. The van der Waals surface area contributed by atoms with Crippen LogP contribution in [0, 0.1) is 68.0 Å². The Hall–Kier alpha value is -20.0. The van der Waals surface area contributed by atoms with Crippen LogP contribution >= 0.6 is 0 Å². The fraction of sp³-hybridized carbons (Fsp3) is 0. The zero-order valence-electron chi connectivity index (χ0n) is 72.0. The first-order valence-electron chi connectivity index (χ1n) is 44.0. The molecule has 0 saturated carbocycles. The third-order valence-electron chi connectivity index (χ3n) is 25.7. The highest BCUT2D eigenvalue weighted by atomic mass is 15.1. The van der Waals surface area contributed by atoms with E-state index in [9.17, 15) is 31.6 Å². The Morgan fingerprint density at radius 2 is 0.485 bits per heavy atom. The number of benzene rings is 16. The van der Waals surface area contributed by atoms with Crippen LogP contribution in [-0.2, 0) is 0 Å². The second kappa shape index (κ2) is 32.6. The minimum absolute atomic E-state index is 0.358. The summed E-state index contributed by atoms with van der Waals surface area (Å²) in [6.07, 6.45) is 7.28. The van der Waals surface area contributed by atoms with Crippen molar-refractivity contribution in [3.63, 3.8) is 0 Å². The molecule has 0 bridgehead atoms. The Balaban J connectivity index is 0.713. The van der Waals surface area contributed by atoms with Crippen LogP contribution in [0.1, 0.15) is 33.4 Å². The van der Waals surface area contributed by atoms with Crippen molar-refractivity contribution in [3.8, 4) is 183 Å². The average Bonchev–Trinajstić information content (AvgIpc) is 1.59. The average molecular weight is 1730 g/mol. The van der Waals surface area contributed by atoms with Crippen LogP contribution in [-0.4, -0.2) is 58.1 Å². The van der Waals surface area contributed by atoms with E-state index in [0.29, 0.717) is 79.5 Å². The molecule has 24 aromatic rings. The molecule has 0 atom stereocenters. The summed E-state index contributed by atoms with van der Waals surface area (Å²) in [5.74, 6) is 2.59. The Kier molecular flexibility index (Phi) is 19.0. The number of nitrogens with zero attached hydrogens (tertiary/aromatic N) is 18. The van der Waals surface area contributed by atoms with Gasteiger partial charge in [-0.15, -0.1) is 0 Å². The summed E-state index contributed by atoms with van der Waals surface area (Å²) in [4.78, 5) is 42.0. The number of fused-ring (bicyclic) bond motifs is 12. The van der Waals surface area contributed by atoms with Crippen molar-refractivity contribution < 1.29 is 0 Å². The van der Waals surface area contributed by atoms with Gasteiger partial charge in [-0.3, -0.25) is 9.97 Å². The van der Waals surface area contributed by atoms with Gasteiger partial charge >= 0.3 is 0 Å². The highest BCUT2D eigenvalue weighted by molar-refractivity contribution is 6.15. The fourth-order valence-corrected chi connectivity index (χ4v) is 19.4. The van der Waals surface area contributed by atoms with Gasteiger partial charge in [0.25, 0.3) is 0 Å². The van der Waals surface area contributed by atoms with E-state index in [-0.39, 0.29) is 0 Å². The van der Waals surface area contributed by atoms with E-state index in [1.54, 1.807) is 12.4 Å². The summed E-state index contributed by atoms with van der Waals surface area (Å²) >= 11 is 0. The number of hydrogen-bond donors (Lipinski definition) is 0.